The Hall–Kier alpha value is -2.74. The Bertz CT molecular complexity index is 787. The second-order valence-electron chi connectivity index (χ2n) is 7.08. The normalized spacial score (nSPS) is 18.0. The molecule has 0 amide bonds. The first kappa shape index (κ1) is 24.3. The zero-order valence-electron chi connectivity index (χ0n) is 17.1. The van der Waals surface area contributed by atoms with Gasteiger partial charge in [0.25, 0.3) is 11.9 Å². The molecule has 0 spiro atoms. The van der Waals surface area contributed by atoms with Crippen LogP contribution in [0, 0.1) is 18.7 Å². The van der Waals surface area contributed by atoms with Gasteiger partial charge < -0.3 is 20.5 Å². The molecular weight excluding hydrogens is 377 g/mol. The van der Waals surface area contributed by atoms with Gasteiger partial charge in [0.15, 0.2) is 0 Å². The molecule has 4 N–H and O–H groups in total. The number of carboxylic acid groups (broad SMARTS) is 2. The first-order valence-electron chi connectivity index (χ1n) is 9.54. The fourth-order valence-corrected chi connectivity index (χ4v) is 3.38. The molecule has 29 heavy (non-hydrogen) atoms. The van der Waals surface area contributed by atoms with Crippen molar-refractivity contribution in [2.45, 2.75) is 52.5 Å². The number of carboxylic acids is 2. The van der Waals surface area contributed by atoms with Gasteiger partial charge in [-0.25, -0.2) is 9.37 Å². The number of imidazole rings is 1. The van der Waals surface area contributed by atoms with Crippen molar-refractivity contribution in [3.8, 4) is 11.4 Å². The van der Waals surface area contributed by atoms with E-state index in [4.69, 9.17) is 25.5 Å². The molecule has 7 nitrogen and oxygen atoms in total. The summed E-state index contributed by atoms with van der Waals surface area (Å²) in [6, 6.07) is 5.31. The molecule has 1 aromatic heterocycles. The van der Waals surface area contributed by atoms with Crippen LogP contribution in [-0.4, -0.2) is 38.2 Å². The molecule has 0 saturated heterocycles. The van der Waals surface area contributed by atoms with Gasteiger partial charge in [0.1, 0.15) is 11.6 Å². The highest BCUT2D eigenvalue weighted by Gasteiger charge is 2.24. The van der Waals surface area contributed by atoms with Crippen molar-refractivity contribution in [2.75, 3.05) is 6.54 Å². The van der Waals surface area contributed by atoms with Gasteiger partial charge in [-0.1, -0.05) is 12.5 Å². The molecule has 8 heteroatoms. The van der Waals surface area contributed by atoms with Crippen LogP contribution in [0.5, 0.6) is 0 Å². The van der Waals surface area contributed by atoms with Crippen molar-refractivity contribution in [2.24, 2.45) is 11.7 Å². The number of nitrogens with two attached hydrogens (primary N) is 1. The molecule has 3 rings (SSSR count). The molecule has 1 fully saturated rings. The van der Waals surface area contributed by atoms with Gasteiger partial charge in [-0.05, 0) is 56.3 Å². The molecular formula is C21H30FN3O4. The quantitative estimate of drug-likeness (QED) is 0.711. The van der Waals surface area contributed by atoms with E-state index in [9.17, 15) is 4.39 Å². The summed E-state index contributed by atoms with van der Waals surface area (Å²) in [4.78, 5) is 22.5. The van der Waals surface area contributed by atoms with E-state index in [1.54, 1.807) is 6.07 Å². The van der Waals surface area contributed by atoms with E-state index < -0.39 is 11.9 Å². The molecule has 1 aromatic carbocycles. The molecule has 1 aliphatic rings. The first-order valence-corrected chi connectivity index (χ1v) is 9.54. The Kier molecular flexibility index (Phi) is 10.0. The smallest absolute Gasteiger partial charge is 0.300 e. The van der Waals surface area contributed by atoms with Gasteiger partial charge >= 0.3 is 0 Å². The number of carbonyl (C=O) groups is 2. The Morgan fingerprint density at radius 3 is 2.45 bits per heavy atom. The molecule has 2 aromatic rings. The highest BCUT2D eigenvalue weighted by molar-refractivity contribution is 5.63. The van der Waals surface area contributed by atoms with Crippen molar-refractivity contribution in [1.82, 2.24) is 9.55 Å². The summed E-state index contributed by atoms with van der Waals surface area (Å²) in [5.74, 6) is -0.420. The number of benzene rings is 1. The lowest BCUT2D eigenvalue weighted by atomic mass is 9.85. The fraction of sp³-hybridized carbons (Fsp3) is 0.476. The fourth-order valence-electron chi connectivity index (χ4n) is 3.38. The third kappa shape index (κ3) is 8.43. The maximum Gasteiger partial charge on any atom is 0.300 e. The highest BCUT2D eigenvalue weighted by atomic mass is 19.1. The summed E-state index contributed by atoms with van der Waals surface area (Å²) >= 11 is 0. The van der Waals surface area contributed by atoms with Crippen LogP contribution in [0.3, 0.4) is 0 Å². The third-order valence-corrected chi connectivity index (χ3v) is 4.59. The SMILES string of the molecule is CC(=O)O.CC(=O)O.Cc1ccc(F)cc1-c1nccn1[C@@H]1CCC[C@H](CN)C1. The summed E-state index contributed by atoms with van der Waals surface area (Å²) in [6.07, 6.45) is 8.49. The van der Waals surface area contributed by atoms with Gasteiger partial charge in [-0.3, -0.25) is 9.59 Å². The lowest BCUT2D eigenvalue weighted by Crippen LogP contribution is -2.24. The lowest BCUT2D eigenvalue weighted by molar-refractivity contribution is -0.135. The van der Waals surface area contributed by atoms with Crippen molar-refractivity contribution in [3.63, 3.8) is 0 Å². The molecule has 0 bridgehead atoms. The summed E-state index contributed by atoms with van der Waals surface area (Å²) in [5, 5.41) is 14.8. The monoisotopic (exact) mass is 407 g/mol. The van der Waals surface area contributed by atoms with Crippen LogP contribution < -0.4 is 5.73 Å². The molecule has 160 valence electrons. The summed E-state index contributed by atoms with van der Waals surface area (Å²) in [6.45, 7) is 4.91. The number of halogens is 1. The van der Waals surface area contributed by atoms with Crippen LogP contribution in [-0.2, 0) is 9.59 Å². The number of aliphatic carboxylic acids is 2. The first-order chi connectivity index (χ1) is 13.6. The third-order valence-electron chi connectivity index (χ3n) is 4.59. The second-order valence-corrected chi connectivity index (χ2v) is 7.08. The number of aromatic nitrogens is 2. The number of hydrogen-bond donors (Lipinski definition) is 3. The van der Waals surface area contributed by atoms with Crippen molar-refractivity contribution in [1.29, 1.82) is 0 Å². The summed E-state index contributed by atoms with van der Waals surface area (Å²) < 4.78 is 15.8. The minimum atomic E-state index is -0.833. The standard InChI is InChI=1S/C17H22FN3.2C2H4O2/c1-12-5-6-14(18)10-16(12)17-20-7-8-21(17)15-4-2-3-13(9-15)11-19;2*1-2(3)4/h5-8,10,13,15H,2-4,9,11,19H2,1H3;2*1H3,(H,3,4)/t13-,15+;;/m0../s1. The number of aryl methyl sites for hydroxylation is 1. The van der Waals surface area contributed by atoms with Gasteiger partial charge in [-0.2, -0.15) is 0 Å². The minimum Gasteiger partial charge on any atom is -0.481 e. The minimum absolute atomic E-state index is 0.214. The van der Waals surface area contributed by atoms with Crippen LogP contribution in [0.25, 0.3) is 11.4 Å². The van der Waals surface area contributed by atoms with Crippen LogP contribution in [0.1, 0.15) is 51.1 Å². The Labute approximate surface area is 170 Å². The predicted molar refractivity (Wildman–Crippen MR) is 109 cm³/mol. The van der Waals surface area contributed by atoms with E-state index in [2.05, 4.69) is 9.55 Å². The van der Waals surface area contributed by atoms with E-state index in [0.717, 1.165) is 50.2 Å². The second kappa shape index (κ2) is 12.0. The average molecular weight is 407 g/mol. The van der Waals surface area contributed by atoms with Crippen LogP contribution in [0.15, 0.2) is 30.6 Å². The zero-order valence-corrected chi connectivity index (χ0v) is 17.1. The molecule has 1 aliphatic carbocycles. The van der Waals surface area contributed by atoms with Gasteiger partial charge in [-0.15, -0.1) is 0 Å². The molecule has 2 atom stereocenters. The van der Waals surface area contributed by atoms with E-state index >= 15 is 0 Å². The topological polar surface area (TPSA) is 118 Å². The van der Waals surface area contributed by atoms with Gasteiger partial charge in [0, 0.05) is 37.8 Å². The average Bonchev–Trinajstić information content (AvgIpc) is 3.12. The molecule has 0 aliphatic heterocycles. The molecule has 0 unspecified atom stereocenters. The van der Waals surface area contributed by atoms with Crippen molar-refractivity contribution >= 4 is 11.9 Å². The number of rotatable bonds is 3. The molecule has 1 saturated carbocycles. The van der Waals surface area contributed by atoms with E-state index in [0.29, 0.717) is 12.0 Å². The van der Waals surface area contributed by atoms with Crippen molar-refractivity contribution in [3.05, 3.63) is 42.0 Å². The lowest BCUT2D eigenvalue weighted by Gasteiger charge is -2.30. The molecule has 0 radical (unpaired) electrons. The van der Waals surface area contributed by atoms with Crippen LogP contribution in [0.2, 0.25) is 0 Å². The Morgan fingerprint density at radius 2 is 1.86 bits per heavy atom. The zero-order chi connectivity index (χ0) is 22.0. The Morgan fingerprint density at radius 1 is 1.24 bits per heavy atom. The number of hydrogen-bond acceptors (Lipinski definition) is 4. The van der Waals surface area contributed by atoms with E-state index in [-0.39, 0.29) is 5.82 Å². The largest absolute Gasteiger partial charge is 0.481 e. The maximum atomic E-state index is 13.6. The summed E-state index contributed by atoms with van der Waals surface area (Å²) in [5.41, 5.74) is 7.77. The van der Waals surface area contributed by atoms with Crippen LogP contribution >= 0.6 is 0 Å². The Balaban J connectivity index is 0.000000452. The summed E-state index contributed by atoms with van der Waals surface area (Å²) in [7, 11) is 0. The number of nitrogens with zero attached hydrogens (tertiary/aromatic N) is 2. The maximum absolute atomic E-state index is 13.6. The van der Waals surface area contributed by atoms with E-state index in [1.165, 1.54) is 18.9 Å². The van der Waals surface area contributed by atoms with E-state index in [1.807, 2.05) is 25.4 Å². The predicted octanol–water partition coefficient (Wildman–Crippen LogP) is 3.87. The van der Waals surface area contributed by atoms with Gasteiger partial charge in [0.05, 0.1) is 0 Å². The molecule has 1 heterocycles. The highest BCUT2D eigenvalue weighted by Crippen LogP contribution is 2.35. The van der Waals surface area contributed by atoms with Crippen LogP contribution in [0.4, 0.5) is 4.39 Å². The van der Waals surface area contributed by atoms with Gasteiger partial charge in [0.2, 0.25) is 0 Å². The van der Waals surface area contributed by atoms with Crippen molar-refractivity contribution < 1.29 is 24.2 Å².